The van der Waals surface area contributed by atoms with Crippen molar-refractivity contribution in [2.24, 2.45) is 0 Å². The van der Waals surface area contributed by atoms with Crippen molar-refractivity contribution >= 4 is 6.08 Å². The summed E-state index contributed by atoms with van der Waals surface area (Å²) in [6.07, 6.45) is 3.89. The Bertz CT molecular complexity index is 1020. The molecule has 0 saturated carbocycles. The third kappa shape index (κ3) is 2.95. The van der Waals surface area contributed by atoms with Gasteiger partial charge in [0.15, 0.2) is 0 Å². The maximum atomic E-state index is 6.56. The highest BCUT2D eigenvalue weighted by Crippen LogP contribution is 2.54. The van der Waals surface area contributed by atoms with Crippen LogP contribution >= 0.6 is 0 Å². The van der Waals surface area contributed by atoms with E-state index in [-0.39, 0.29) is 23.7 Å². The van der Waals surface area contributed by atoms with Crippen molar-refractivity contribution in [1.82, 2.24) is 0 Å². The zero-order chi connectivity index (χ0) is 21.0. The summed E-state index contributed by atoms with van der Waals surface area (Å²) in [7, 11) is 1.70. The van der Waals surface area contributed by atoms with Crippen molar-refractivity contribution in [3.63, 3.8) is 0 Å². The van der Waals surface area contributed by atoms with Gasteiger partial charge < -0.3 is 23.7 Å². The van der Waals surface area contributed by atoms with E-state index < -0.39 is 0 Å². The molecular formula is C25H28O5. The van der Waals surface area contributed by atoms with E-state index in [2.05, 4.69) is 30.4 Å². The van der Waals surface area contributed by atoms with Crippen molar-refractivity contribution in [3.8, 4) is 23.0 Å². The van der Waals surface area contributed by atoms with Gasteiger partial charge in [0.05, 0.1) is 24.7 Å². The second-order valence-electron chi connectivity index (χ2n) is 8.66. The van der Waals surface area contributed by atoms with Crippen LogP contribution in [0.2, 0.25) is 0 Å². The van der Waals surface area contributed by atoms with Crippen LogP contribution in [0.3, 0.4) is 0 Å². The number of aryl methyl sites for hydroxylation is 1. The number of hydrogen-bond acceptors (Lipinski definition) is 5. The Morgan fingerprint density at radius 1 is 1.13 bits per heavy atom. The maximum Gasteiger partial charge on any atom is 0.142 e. The summed E-state index contributed by atoms with van der Waals surface area (Å²) in [6.45, 7) is 9.25. The Hall–Kier alpha value is -2.66. The van der Waals surface area contributed by atoms with Crippen LogP contribution in [0.25, 0.3) is 6.08 Å². The third-order valence-corrected chi connectivity index (χ3v) is 6.15. The van der Waals surface area contributed by atoms with Crippen LogP contribution in [0.1, 0.15) is 55.0 Å². The number of hydrogen-bond donors (Lipinski definition) is 0. The lowest BCUT2D eigenvalue weighted by Crippen LogP contribution is -2.43. The van der Waals surface area contributed by atoms with Gasteiger partial charge in [-0.25, -0.2) is 0 Å². The average Bonchev–Trinajstić information content (AvgIpc) is 2.71. The van der Waals surface area contributed by atoms with Gasteiger partial charge in [-0.2, -0.15) is 0 Å². The van der Waals surface area contributed by atoms with E-state index in [1.54, 1.807) is 7.11 Å². The number of fused-ring (bicyclic) bond motifs is 6. The van der Waals surface area contributed by atoms with Crippen molar-refractivity contribution in [2.45, 2.75) is 51.4 Å². The SMILES string of the molecule is CCO[C@@H]1c2ccc3c(c2O[C@@H]2COc4cc(C)c(OC)cc4[C@H]12)C=CC(C)(C)O3. The van der Waals surface area contributed by atoms with Gasteiger partial charge in [-0.05, 0) is 69.7 Å². The van der Waals surface area contributed by atoms with Gasteiger partial charge in [0.1, 0.15) is 41.3 Å². The van der Waals surface area contributed by atoms with Crippen molar-refractivity contribution in [2.75, 3.05) is 20.3 Å². The third-order valence-electron chi connectivity index (χ3n) is 6.15. The molecule has 5 heteroatoms. The van der Waals surface area contributed by atoms with Gasteiger partial charge in [-0.15, -0.1) is 0 Å². The molecule has 5 nitrogen and oxygen atoms in total. The quantitative estimate of drug-likeness (QED) is 0.698. The first-order chi connectivity index (χ1) is 14.4. The maximum absolute atomic E-state index is 6.56. The average molecular weight is 408 g/mol. The summed E-state index contributed by atoms with van der Waals surface area (Å²) < 4.78 is 30.7. The largest absolute Gasteiger partial charge is 0.496 e. The fourth-order valence-electron chi connectivity index (χ4n) is 4.74. The van der Waals surface area contributed by atoms with E-state index in [1.807, 2.05) is 33.8 Å². The zero-order valence-corrected chi connectivity index (χ0v) is 18.2. The molecule has 0 radical (unpaired) electrons. The fraction of sp³-hybridized carbons (Fsp3) is 0.440. The van der Waals surface area contributed by atoms with Crippen LogP contribution in [-0.4, -0.2) is 32.0 Å². The molecule has 0 saturated heterocycles. The van der Waals surface area contributed by atoms with E-state index in [0.29, 0.717) is 13.2 Å². The van der Waals surface area contributed by atoms with Crippen LogP contribution < -0.4 is 18.9 Å². The minimum absolute atomic E-state index is 0.0266. The molecule has 0 aromatic heterocycles. The van der Waals surface area contributed by atoms with Crippen molar-refractivity contribution in [1.29, 1.82) is 0 Å². The highest BCUT2D eigenvalue weighted by Gasteiger charge is 2.46. The fourth-order valence-corrected chi connectivity index (χ4v) is 4.74. The van der Waals surface area contributed by atoms with Crippen LogP contribution in [0.15, 0.2) is 30.3 Å². The summed E-state index contributed by atoms with van der Waals surface area (Å²) in [4.78, 5) is 0. The number of rotatable bonds is 3. The van der Waals surface area contributed by atoms with Crippen LogP contribution in [-0.2, 0) is 4.74 Å². The summed E-state index contributed by atoms with van der Waals surface area (Å²) in [5.74, 6) is 3.44. The number of methoxy groups -OCH3 is 1. The van der Waals surface area contributed by atoms with E-state index in [9.17, 15) is 0 Å². The minimum Gasteiger partial charge on any atom is -0.496 e. The first-order valence-corrected chi connectivity index (χ1v) is 10.6. The van der Waals surface area contributed by atoms with Gasteiger partial charge in [-0.1, -0.05) is 0 Å². The molecule has 5 rings (SSSR count). The van der Waals surface area contributed by atoms with Gasteiger partial charge >= 0.3 is 0 Å². The van der Waals surface area contributed by atoms with Crippen molar-refractivity contribution in [3.05, 3.63) is 52.6 Å². The monoisotopic (exact) mass is 408 g/mol. The second kappa shape index (κ2) is 6.95. The molecule has 2 aromatic carbocycles. The molecule has 0 unspecified atom stereocenters. The van der Waals surface area contributed by atoms with Crippen LogP contribution in [0, 0.1) is 6.92 Å². The smallest absolute Gasteiger partial charge is 0.142 e. The first-order valence-electron chi connectivity index (χ1n) is 10.6. The Labute approximate surface area is 177 Å². The number of benzene rings is 2. The lowest BCUT2D eigenvalue weighted by Gasteiger charge is -2.43. The second-order valence-corrected chi connectivity index (χ2v) is 8.66. The summed E-state index contributed by atoms with van der Waals surface area (Å²) in [5, 5.41) is 0. The molecule has 0 spiro atoms. The number of ether oxygens (including phenoxy) is 5. The molecule has 158 valence electrons. The normalized spacial score (nSPS) is 24.9. The molecule has 0 bridgehead atoms. The van der Waals surface area contributed by atoms with E-state index in [4.69, 9.17) is 23.7 Å². The van der Waals surface area contributed by atoms with E-state index in [0.717, 1.165) is 45.3 Å². The molecule has 30 heavy (non-hydrogen) atoms. The standard InChI is InChI=1S/C25H28O5/c1-6-27-24-16-7-8-18-15(9-10-25(3,4)30-18)23(16)29-21-13-28-20-11-14(2)19(26-5)12-17(20)22(21)24/h7-12,21-22,24H,6,13H2,1-5H3/t21-,22+,24-/m1/s1. The minimum atomic E-state index is -0.334. The van der Waals surface area contributed by atoms with Gasteiger partial charge in [0.25, 0.3) is 0 Å². The molecule has 0 fully saturated rings. The highest BCUT2D eigenvalue weighted by atomic mass is 16.6. The topological polar surface area (TPSA) is 46.2 Å². The molecule has 3 heterocycles. The van der Waals surface area contributed by atoms with E-state index >= 15 is 0 Å². The van der Waals surface area contributed by atoms with E-state index in [1.165, 1.54) is 0 Å². The Kier molecular flexibility index (Phi) is 4.47. The van der Waals surface area contributed by atoms with Gasteiger partial charge in [0, 0.05) is 17.7 Å². The molecule has 2 aromatic rings. The highest BCUT2D eigenvalue weighted by molar-refractivity contribution is 5.70. The molecule has 3 atom stereocenters. The molecule has 3 aliphatic heterocycles. The lowest BCUT2D eigenvalue weighted by molar-refractivity contribution is -0.0366. The summed E-state index contributed by atoms with van der Waals surface area (Å²) in [6, 6.07) is 8.24. The predicted molar refractivity (Wildman–Crippen MR) is 115 cm³/mol. The Balaban J connectivity index is 1.64. The lowest BCUT2D eigenvalue weighted by atomic mass is 9.79. The molecule has 0 aliphatic carbocycles. The Morgan fingerprint density at radius 2 is 1.97 bits per heavy atom. The zero-order valence-electron chi connectivity index (χ0n) is 18.2. The Morgan fingerprint density at radius 3 is 2.73 bits per heavy atom. The molecule has 0 amide bonds. The molecular weight excluding hydrogens is 380 g/mol. The molecule has 0 N–H and O–H groups in total. The van der Waals surface area contributed by atoms with Crippen LogP contribution in [0.4, 0.5) is 0 Å². The van der Waals surface area contributed by atoms with Gasteiger partial charge in [0.2, 0.25) is 0 Å². The predicted octanol–water partition coefficient (Wildman–Crippen LogP) is 5.20. The van der Waals surface area contributed by atoms with Gasteiger partial charge in [-0.3, -0.25) is 0 Å². The molecule has 3 aliphatic rings. The first kappa shape index (κ1) is 19.3. The summed E-state index contributed by atoms with van der Waals surface area (Å²) >= 11 is 0. The van der Waals surface area contributed by atoms with Crippen molar-refractivity contribution < 1.29 is 23.7 Å². The summed E-state index contributed by atoms with van der Waals surface area (Å²) in [5.41, 5.74) is 3.82. The van der Waals surface area contributed by atoms with Crippen LogP contribution in [0.5, 0.6) is 23.0 Å².